The Balaban J connectivity index is 1.67. The summed E-state index contributed by atoms with van der Waals surface area (Å²) in [7, 11) is 3.57. The van der Waals surface area contributed by atoms with E-state index in [0.29, 0.717) is 6.42 Å². The number of ether oxygens (including phenoxy) is 1. The van der Waals surface area contributed by atoms with E-state index in [-0.39, 0.29) is 5.91 Å². The van der Waals surface area contributed by atoms with Crippen molar-refractivity contribution < 1.29 is 9.53 Å². The number of hydrogen-bond acceptors (Lipinski definition) is 3. The third-order valence-corrected chi connectivity index (χ3v) is 3.36. The first-order valence-electron chi connectivity index (χ1n) is 6.82. The zero-order valence-electron chi connectivity index (χ0n) is 11.7. The highest BCUT2D eigenvalue weighted by Gasteiger charge is 2.11. The van der Waals surface area contributed by atoms with Crippen LogP contribution in [0.2, 0.25) is 0 Å². The van der Waals surface area contributed by atoms with E-state index in [0.717, 1.165) is 38.3 Å². The van der Waals surface area contributed by atoms with Gasteiger partial charge >= 0.3 is 0 Å². The fourth-order valence-electron chi connectivity index (χ4n) is 2.17. The minimum atomic E-state index is 0.169. The van der Waals surface area contributed by atoms with Crippen LogP contribution in [0.4, 0.5) is 0 Å². The predicted octanol–water partition coefficient (Wildman–Crippen LogP) is 1.23. The van der Waals surface area contributed by atoms with Crippen LogP contribution in [0.5, 0.6) is 5.75 Å². The molecular weight excluding hydrogens is 240 g/mol. The van der Waals surface area contributed by atoms with Crippen molar-refractivity contribution in [2.24, 2.45) is 0 Å². The molecule has 0 atom stereocenters. The van der Waals surface area contributed by atoms with Gasteiger partial charge in [-0.25, -0.2) is 0 Å². The van der Waals surface area contributed by atoms with Crippen molar-refractivity contribution in [2.45, 2.75) is 19.3 Å². The fourth-order valence-corrected chi connectivity index (χ4v) is 2.17. The lowest BCUT2D eigenvalue weighted by Gasteiger charge is -2.10. The molecule has 2 rings (SSSR count). The number of rotatable bonds is 6. The minimum absolute atomic E-state index is 0.169. The van der Waals surface area contributed by atoms with Crippen molar-refractivity contribution in [3.05, 3.63) is 29.3 Å². The summed E-state index contributed by atoms with van der Waals surface area (Å²) in [5.74, 6) is 1.20. The molecule has 4 heteroatoms. The molecule has 0 saturated carbocycles. The van der Waals surface area contributed by atoms with Crippen molar-refractivity contribution in [2.75, 3.05) is 33.8 Å². The average molecular weight is 262 g/mol. The summed E-state index contributed by atoms with van der Waals surface area (Å²) in [5.41, 5.74) is 2.65. The van der Waals surface area contributed by atoms with E-state index in [1.54, 1.807) is 19.0 Å². The van der Waals surface area contributed by atoms with E-state index in [1.807, 2.05) is 0 Å². The van der Waals surface area contributed by atoms with E-state index >= 15 is 0 Å². The van der Waals surface area contributed by atoms with Gasteiger partial charge in [0.25, 0.3) is 0 Å². The maximum absolute atomic E-state index is 11.4. The number of nitrogens with one attached hydrogen (secondary N) is 1. The number of carbonyl (C=O) groups excluding carboxylic acids is 1. The molecule has 1 aromatic carbocycles. The zero-order valence-corrected chi connectivity index (χ0v) is 11.7. The van der Waals surface area contributed by atoms with Crippen LogP contribution < -0.4 is 10.1 Å². The van der Waals surface area contributed by atoms with Gasteiger partial charge in [0.15, 0.2) is 0 Å². The van der Waals surface area contributed by atoms with Gasteiger partial charge in [0.1, 0.15) is 5.75 Å². The van der Waals surface area contributed by atoms with Crippen molar-refractivity contribution in [1.29, 1.82) is 0 Å². The van der Waals surface area contributed by atoms with Crippen LogP contribution in [-0.4, -0.2) is 44.6 Å². The molecule has 0 fully saturated rings. The monoisotopic (exact) mass is 262 g/mol. The predicted molar refractivity (Wildman–Crippen MR) is 75.5 cm³/mol. The lowest BCUT2D eigenvalue weighted by atomic mass is 10.1. The highest BCUT2D eigenvalue weighted by molar-refractivity contribution is 5.75. The molecule has 4 nitrogen and oxygen atoms in total. The molecular formula is C15H22N2O2. The van der Waals surface area contributed by atoms with Gasteiger partial charge < -0.3 is 15.0 Å². The van der Waals surface area contributed by atoms with Gasteiger partial charge in [-0.2, -0.15) is 0 Å². The van der Waals surface area contributed by atoms with Crippen LogP contribution in [0.15, 0.2) is 18.2 Å². The molecule has 1 heterocycles. The number of fused-ring (bicyclic) bond motifs is 1. The molecule has 19 heavy (non-hydrogen) atoms. The summed E-state index contributed by atoms with van der Waals surface area (Å²) in [6.07, 6.45) is 2.57. The van der Waals surface area contributed by atoms with Crippen LogP contribution in [0, 0.1) is 0 Å². The number of amides is 1. The molecule has 0 spiro atoms. The largest absolute Gasteiger partial charge is 0.493 e. The molecule has 1 aromatic rings. The Hall–Kier alpha value is -1.55. The molecule has 0 unspecified atom stereocenters. The van der Waals surface area contributed by atoms with Gasteiger partial charge in [-0.15, -0.1) is 0 Å². The second-order valence-corrected chi connectivity index (χ2v) is 5.08. The molecule has 0 saturated heterocycles. The molecule has 0 aromatic heterocycles. The van der Waals surface area contributed by atoms with Crippen LogP contribution in [0.1, 0.15) is 17.5 Å². The Labute approximate surface area is 114 Å². The lowest BCUT2D eigenvalue weighted by Crippen LogP contribution is -2.27. The van der Waals surface area contributed by atoms with Gasteiger partial charge in [-0.1, -0.05) is 12.1 Å². The van der Waals surface area contributed by atoms with E-state index < -0.39 is 0 Å². The second kappa shape index (κ2) is 6.57. The highest BCUT2D eigenvalue weighted by Crippen LogP contribution is 2.25. The summed E-state index contributed by atoms with van der Waals surface area (Å²) in [6.45, 7) is 2.45. The van der Waals surface area contributed by atoms with Crippen LogP contribution >= 0.6 is 0 Å². The molecule has 0 aliphatic carbocycles. The first-order chi connectivity index (χ1) is 9.16. The molecule has 0 bridgehead atoms. The number of benzene rings is 1. The van der Waals surface area contributed by atoms with Gasteiger partial charge in [-0.05, 0) is 30.2 Å². The van der Waals surface area contributed by atoms with E-state index in [4.69, 9.17) is 4.74 Å². The van der Waals surface area contributed by atoms with Crippen LogP contribution in [0.3, 0.4) is 0 Å². The summed E-state index contributed by atoms with van der Waals surface area (Å²) < 4.78 is 5.49. The summed E-state index contributed by atoms with van der Waals surface area (Å²) in [6, 6.07) is 6.42. The highest BCUT2D eigenvalue weighted by atomic mass is 16.5. The third-order valence-electron chi connectivity index (χ3n) is 3.36. The number of hydrogen-bond donors (Lipinski definition) is 1. The zero-order chi connectivity index (χ0) is 13.7. The average Bonchev–Trinajstić information content (AvgIpc) is 2.85. The summed E-state index contributed by atoms with van der Waals surface area (Å²) in [5, 5.41) is 3.31. The lowest BCUT2D eigenvalue weighted by molar-refractivity contribution is -0.128. The summed E-state index contributed by atoms with van der Waals surface area (Å²) in [4.78, 5) is 13.0. The van der Waals surface area contributed by atoms with E-state index in [2.05, 4.69) is 23.5 Å². The molecule has 1 aliphatic heterocycles. The molecule has 1 aliphatic rings. The van der Waals surface area contributed by atoms with Gasteiger partial charge in [0.05, 0.1) is 6.61 Å². The quantitative estimate of drug-likeness (QED) is 0.784. The Morgan fingerprint density at radius 1 is 1.37 bits per heavy atom. The van der Waals surface area contributed by atoms with Crippen molar-refractivity contribution in [3.8, 4) is 5.75 Å². The first kappa shape index (κ1) is 13.9. The Bertz CT molecular complexity index is 444. The van der Waals surface area contributed by atoms with Gasteiger partial charge in [-0.3, -0.25) is 4.79 Å². The van der Waals surface area contributed by atoms with Crippen molar-refractivity contribution in [1.82, 2.24) is 10.2 Å². The van der Waals surface area contributed by atoms with Crippen molar-refractivity contribution in [3.63, 3.8) is 0 Å². The van der Waals surface area contributed by atoms with Gasteiger partial charge in [0, 0.05) is 33.5 Å². The maximum Gasteiger partial charge on any atom is 0.223 e. The fraction of sp³-hybridized carbons (Fsp3) is 0.533. The Morgan fingerprint density at radius 2 is 2.21 bits per heavy atom. The first-order valence-corrected chi connectivity index (χ1v) is 6.82. The van der Waals surface area contributed by atoms with E-state index in [9.17, 15) is 4.79 Å². The third kappa shape index (κ3) is 3.96. The topological polar surface area (TPSA) is 41.6 Å². The molecule has 1 amide bonds. The molecule has 1 N–H and O–H groups in total. The minimum Gasteiger partial charge on any atom is -0.493 e. The molecule has 104 valence electrons. The van der Waals surface area contributed by atoms with E-state index in [1.165, 1.54) is 11.1 Å². The standard InChI is InChI=1S/C15H22N2O2/c1-17(2)15(18)6-9-16-8-5-12-3-4-14-13(11-12)7-10-19-14/h3-4,11,16H,5-10H2,1-2H3. The normalized spacial score (nSPS) is 12.9. The van der Waals surface area contributed by atoms with Crippen molar-refractivity contribution >= 4 is 5.91 Å². The summed E-state index contributed by atoms with van der Waals surface area (Å²) >= 11 is 0. The SMILES string of the molecule is CN(C)C(=O)CCNCCc1ccc2c(c1)CCO2. The Kier molecular flexibility index (Phi) is 4.80. The van der Waals surface area contributed by atoms with Crippen LogP contribution in [0.25, 0.3) is 0 Å². The van der Waals surface area contributed by atoms with Crippen LogP contribution in [-0.2, 0) is 17.6 Å². The second-order valence-electron chi connectivity index (χ2n) is 5.08. The van der Waals surface area contributed by atoms with Gasteiger partial charge in [0.2, 0.25) is 5.91 Å². The number of carbonyl (C=O) groups is 1. The maximum atomic E-state index is 11.4. The number of nitrogens with zero attached hydrogens (tertiary/aromatic N) is 1. The molecule has 0 radical (unpaired) electrons. The Morgan fingerprint density at radius 3 is 3.00 bits per heavy atom. The smallest absolute Gasteiger partial charge is 0.223 e.